The number of carbonyl (C=O) groups excluding carboxylic acids is 1. The molecule has 0 unspecified atom stereocenters. The van der Waals surface area contributed by atoms with Crippen LogP contribution in [0.3, 0.4) is 0 Å². The van der Waals surface area contributed by atoms with Gasteiger partial charge < -0.3 is 5.32 Å². The molecule has 1 aromatic heterocycles. The average Bonchev–Trinajstić information content (AvgIpc) is 2.42. The number of nitrogens with one attached hydrogen (secondary N) is 1. The van der Waals surface area contributed by atoms with Crippen LogP contribution in [0.2, 0.25) is 5.15 Å². The summed E-state index contributed by atoms with van der Waals surface area (Å²) in [5.41, 5.74) is 3.34. The van der Waals surface area contributed by atoms with E-state index in [-0.39, 0.29) is 5.91 Å². The fourth-order valence-electron chi connectivity index (χ4n) is 1.94. The molecule has 21 heavy (non-hydrogen) atoms. The number of benzene rings is 1. The van der Waals surface area contributed by atoms with Crippen LogP contribution in [0.1, 0.15) is 35.0 Å². The first-order valence-corrected chi connectivity index (χ1v) is 8.19. The minimum Gasteiger partial charge on any atom is -0.322 e. The van der Waals surface area contributed by atoms with Crippen LogP contribution in [0.15, 0.2) is 30.3 Å². The summed E-state index contributed by atoms with van der Waals surface area (Å²) in [5.74, 6) is -0.170. The van der Waals surface area contributed by atoms with Gasteiger partial charge in [0.2, 0.25) is 0 Å². The second-order valence-electron chi connectivity index (χ2n) is 4.84. The van der Waals surface area contributed by atoms with Crippen molar-refractivity contribution >= 4 is 45.8 Å². The minimum atomic E-state index is -0.170. The van der Waals surface area contributed by atoms with Crippen LogP contribution in [-0.4, -0.2) is 10.9 Å². The van der Waals surface area contributed by atoms with Crippen molar-refractivity contribution in [1.29, 1.82) is 0 Å². The smallest absolute Gasteiger partial charge is 0.255 e. The quantitative estimate of drug-likeness (QED) is 0.574. The average molecular weight is 415 g/mol. The molecule has 1 aromatic carbocycles. The monoisotopic (exact) mass is 414 g/mol. The van der Waals surface area contributed by atoms with Gasteiger partial charge in [0.05, 0.1) is 0 Å². The Hall–Kier alpha value is -1.14. The van der Waals surface area contributed by atoms with Gasteiger partial charge in [0.15, 0.2) is 0 Å². The van der Waals surface area contributed by atoms with Crippen molar-refractivity contribution in [2.45, 2.75) is 26.7 Å². The van der Waals surface area contributed by atoms with Gasteiger partial charge in [-0.2, -0.15) is 0 Å². The van der Waals surface area contributed by atoms with E-state index in [9.17, 15) is 4.79 Å². The van der Waals surface area contributed by atoms with Crippen LogP contribution in [0.5, 0.6) is 0 Å². The zero-order valence-corrected chi connectivity index (χ0v) is 14.8. The molecule has 0 spiro atoms. The highest BCUT2D eigenvalue weighted by Gasteiger charge is 2.10. The third-order valence-corrected chi connectivity index (χ3v) is 4.40. The van der Waals surface area contributed by atoms with Crippen molar-refractivity contribution in [3.05, 3.63) is 55.9 Å². The van der Waals surface area contributed by atoms with E-state index in [0.29, 0.717) is 10.7 Å². The van der Waals surface area contributed by atoms with Crippen LogP contribution in [0.4, 0.5) is 5.69 Å². The maximum Gasteiger partial charge on any atom is 0.255 e. The number of nitrogens with zero attached hydrogens (tertiary/aromatic N) is 1. The molecule has 1 heterocycles. The second kappa shape index (κ2) is 7.22. The number of carbonyl (C=O) groups is 1. The van der Waals surface area contributed by atoms with Gasteiger partial charge in [0, 0.05) is 20.5 Å². The molecule has 0 radical (unpaired) electrons. The van der Waals surface area contributed by atoms with Crippen LogP contribution in [-0.2, 0) is 6.42 Å². The fraction of sp³-hybridized carbons (Fsp3) is 0.250. The Bertz CT molecular complexity index is 673. The molecule has 1 amide bonds. The van der Waals surface area contributed by atoms with Crippen LogP contribution in [0.25, 0.3) is 0 Å². The van der Waals surface area contributed by atoms with Gasteiger partial charge in [0.25, 0.3) is 5.91 Å². The molecular weight excluding hydrogens is 399 g/mol. The molecule has 0 saturated carbocycles. The molecule has 110 valence electrons. The molecular formula is C16H16ClIN2O. The Labute approximate surface area is 143 Å². The Kier molecular flexibility index (Phi) is 5.58. The van der Waals surface area contributed by atoms with E-state index in [1.54, 1.807) is 12.1 Å². The molecule has 0 aliphatic rings. The summed E-state index contributed by atoms with van der Waals surface area (Å²) in [6, 6.07) is 9.22. The Morgan fingerprint density at radius 1 is 1.33 bits per heavy atom. The molecule has 2 aromatic rings. The molecule has 0 bridgehead atoms. The first-order valence-electron chi connectivity index (χ1n) is 6.73. The number of aromatic nitrogens is 1. The number of pyridine rings is 1. The predicted octanol–water partition coefficient (Wildman–Crippen LogP) is 4.85. The zero-order valence-electron chi connectivity index (χ0n) is 11.9. The third-order valence-electron chi connectivity index (χ3n) is 3.05. The number of rotatable bonds is 4. The summed E-state index contributed by atoms with van der Waals surface area (Å²) in [4.78, 5) is 16.5. The maximum absolute atomic E-state index is 12.3. The first-order chi connectivity index (χ1) is 9.99. The fourth-order valence-corrected chi connectivity index (χ4v) is 2.68. The molecule has 0 atom stereocenters. The Morgan fingerprint density at radius 2 is 2.10 bits per heavy atom. The molecule has 1 N–H and O–H groups in total. The summed E-state index contributed by atoms with van der Waals surface area (Å²) in [7, 11) is 0. The normalized spacial score (nSPS) is 10.5. The van der Waals surface area contributed by atoms with Crippen molar-refractivity contribution < 1.29 is 4.79 Å². The summed E-state index contributed by atoms with van der Waals surface area (Å²) in [6.07, 6.45) is 1.77. The predicted molar refractivity (Wildman–Crippen MR) is 95.1 cm³/mol. The highest BCUT2D eigenvalue weighted by Crippen LogP contribution is 2.19. The van der Waals surface area contributed by atoms with Gasteiger partial charge in [-0.25, -0.2) is 4.98 Å². The summed E-state index contributed by atoms with van der Waals surface area (Å²) < 4.78 is 1.12. The van der Waals surface area contributed by atoms with Crippen LogP contribution < -0.4 is 5.32 Å². The maximum atomic E-state index is 12.3. The highest BCUT2D eigenvalue weighted by atomic mass is 127. The Balaban J connectivity index is 2.21. The van der Waals surface area contributed by atoms with Crippen LogP contribution in [0, 0.1) is 10.5 Å². The zero-order chi connectivity index (χ0) is 15.4. The van der Waals surface area contributed by atoms with Gasteiger partial charge in [-0.3, -0.25) is 4.79 Å². The molecule has 5 heteroatoms. The lowest BCUT2D eigenvalue weighted by Gasteiger charge is -2.08. The van der Waals surface area contributed by atoms with Gasteiger partial charge >= 0.3 is 0 Å². The molecule has 3 nitrogen and oxygen atoms in total. The van der Waals surface area contributed by atoms with E-state index in [1.807, 2.05) is 25.1 Å². The van der Waals surface area contributed by atoms with Gasteiger partial charge in [-0.1, -0.05) is 31.0 Å². The summed E-state index contributed by atoms with van der Waals surface area (Å²) in [6.45, 7) is 4.10. The second-order valence-corrected chi connectivity index (χ2v) is 6.39. The van der Waals surface area contributed by atoms with E-state index >= 15 is 0 Å². The van der Waals surface area contributed by atoms with Crippen molar-refractivity contribution in [3.63, 3.8) is 0 Å². The van der Waals surface area contributed by atoms with Gasteiger partial charge in [-0.05, 0) is 65.8 Å². The van der Waals surface area contributed by atoms with Crippen molar-refractivity contribution in [3.8, 4) is 0 Å². The molecule has 0 aliphatic heterocycles. The van der Waals surface area contributed by atoms with E-state index in [4.69, 9.17) is 11.6 Å². The summed E-state index contributed by atoms with van der Waals surface area (Å²) >= 11 is 8.24. The van der Waals surface area contributed by atoms with Gasteiger partial charge in [-0.15, -0.1) is 0 Å². The molecule has 0 aliphatic carbocycles. The largest absolute Gasteiger partial charge is 0.322 e. The number of amides is 1. The minimum absolute atomic E-state index is 0.170. The van der Waals surface area contributed by atoms with Crippen molar-refractivity contribution in [2.24, 2.45) is 0 Å². The number of aryl methyl sites for hydroxylation is 2. The standard InChI is InChI=1S/C16H16ClIN2O/c1-3-4-12-7-11(8-15(17)19-12)16(21)20-13-6-5-10(2)14(18)9-13/h5-9H,3-4H2,1-2H3,(H,20,21). The Morgan fingerprint density at radius 3 is 2.76 bits per heavy atom. The molecule has 0 fully saturated rings. The van der Waals surface area contributed by atoms with Gasteiger partial charge in [0.1, 0.15) is 5.15 Å². The highest BCUT2D eigenvalue weighted by molar-refractivity contribution is 14.1. The first kappa shape index (κ1) is 16.2. The number of hydrogen-bond donors (Lipinski definition) is 1. The third kappa shape index (κ3) is 4.41. The lowest BCUT2D eigenvalue weighted by Crippen LogP contribution is -2.13. The molecule has 2 rings (SSSR count). The van der Waals surface area contributed by atoms with Crippen molar-refractivity contribution in [1.82, 2.24) is 4.98 Å². The number of hydrogen-bond acceptors (Lipinski definition) is 2. The summed E-state index contributed by atoms with van der Waals surface area (Å²) in [5, 5.41) is 3.24. The van der Waals surface area contributed by atoms with E-state index < -0.39 is 0 Å². The lowest BCUT2D eigenvalue weighted by atomic mass is 10.1. The topological polar surface area (TPSA) is 42.0 Å². The van der Waals surface area contributed by atoms with E-state index in [1.165, 1.54) is 5.56 Å². The van der Waals surface area contributed by atoms with Crippen LogP contribution >= 0.6 is 34.2 Å². The number of anilines is 1. The van der Waals surface area contributed by atoms with E-state index in [0.717, 1.165) is 27.8 Å². The van der Waals surface area contributed by atoms with E-state index in [2.05, 4.69) is 39.8 Å². The lowest BCUT2D eigenvalue weighted by molar-refractivity contribution is 0.102. The van der Waals surface area contributed by atoms with Crippen molar-refractivity contribution in [2.75, 3.05) is 5.32 Å². The number of halogens is 2. The SMILES string of the molecule is CCCc1cc(C(=O)Nc2ccc(C)c(I)c2)cc(Cl)n1. The molecule has 0 saturated heterocycles.